The van der Waals surface area contributed by atoms with E-state index in [4.69, 9.17) is 23.2 Å². The van der Waals surface area contributed by atoms with Gasteiger partial charge in [0.2, 0.25) is 0 Å². The highest BCUT2D eigenvalue weighted by Crippen LogP contribution is 2.31. The number of halogens is 2. The van der Waals surface area contributed by atoms with Gasteiger partial charge < -0.3 is 0 Å². The van der Waals surface area contributed by atoms with Crippen LogP contribution < -0.4 is 0 Å². The van der Waals surface area contributed by atoms with Gasteiger partial charge in [-0.3, -0.25) is 4.98 Å². The molecule has 0 aliphatic rings. The number of aromatic nitrogens is 3. The van der Waals surface area contributed by atoms with Crippen LogP contribution in [0.3, 0.4) is 0 Å². The molecule has 0 saturated carbocycles. The first-order valence-electron chi connectivity index (χ1n) is 7.07. The summed E-state index contributed by atoms with van der Waals surface area (Å²) in [5.74, 6) is 0. The Morgan fingerprint density at radius 2 is 1.74 bits per heavy atom. The molecule has 0 unspecified atom stereocenters. The van der Waals surface area contributed by atoms with Gasteiger partial charge in [-0.1, -0.05) is 53.5 Å². The number of nitrogens with zero attached hydrogens (tertiary/aromatic N) is 3. The Morgan fingerprint density at radius 1 is 0.913 bits per heavy atom. The molecule has 2 heterocycles. The largest absolute Gasteiger partial charge is 0.256 e. The lowest BCUT2D eigenvalue weighted by molar-refractivity contribution is 0.890. The van der Waals surface area contributed by atoms with Crippen molar-refractivity contribution < 1.29 is 0 Å². The zero-order valence-electron chi connectivity index (χ0n) is 11.9. The first kappa shape index (κ1) is 14.2. The molecule has 4 rings (SSSR count). The predicted octanol–water partition coefficient (Wildman–Crippen LogP) is 5.39. The fourth-order valence-electron chi connectivity index (χ4n) is 2.60. The van der Waals surface area contributed by atoms with E-state index in [0.29, 0.717) is 10.0 Å². The second-order valence-electron chi connectivity index (χ2n) is 5.12. The summed E-state index contributed by atoms with van der Waals surface area (Å²) >= 11 is 12.4. The van der Waals surface area contributed by atoms with Gasteiger partial charge in [0, 0.05) is 28.4 Å². The number of fused-ring (bicyclic) bond motifs is 1. The molecule has 0 bridgehead atoms. The van der Waals surface area contributed by atoms with Crippen LogP contribution in [0, 0.1) is 0 Å². The molecule has 4 aromatic rings. The Labute approximate surface area is 143 Å². The minimum Gasteiger partial charge on any atom is -0.256 e. The van der Waals surface area contributed by atoms with Crippen LogP contribution in [-0.2, 0) is 0 Å². The lowest BCUT2D eigenvalue weighted by atomic mass is 10.2. The summed E-state index contributed by atoms with van der Waals surface area (Å²) in [5, 5.41) is 6.63. The molecule has 5 heteroatoms. The van der Waals surface area contributed by atoms with Crippen molar-refractivity contribution in [2.24, 2.45) is 0 Å². The van der Waals surface area contributed by atoms with Crippen LogP contribution in [0.25, 0.3) is 27.8 Å². The fourth-order valence-corrected chi connectivity index (χ4v) is 3.18. The van der Waals surface area contributed by atoms with Gasteiger partial charge in [0.05, 0.1) is 21.9 Å². The van der Waals surface area contributed by atoms with Gasteiger partial charge in [-0.25, -0.2) is 4.68 Å². The van der Waals surface area contributed by atoms with E-state index in [-0.39, 0.29) is 0 Å². The van der Waals surface area contributed by atoms with Crippen molar-refractivity contribution in [3.63, 3.8) is 0 Å². The van der Waals surface area contributed by atoms with Gasteiger partial charge in [-0.05, 0) is 24.3 Å². The summed E-state index contributed by atoms with van der Waals surface area (Å²) in [6, 6.07) is 17.4. The van der Waals surface area contributed by atoms with E-state index in [9.17, 15) is 0 Å². The quantitative estimate of drug-likeness (QED) is 0.489. The third-order valence-corrected chi connectivity index (χ3v) is 4.16. The minimum atomic E-state index is 0.562. The zero-order chi connectivity index (χ0) is 15.8. The summed E-state index contributed by atoms with van der Waals surface area (Å²) in [5.41, 5.74) is 3.59. The Balaban J connectivity index is 1.89. The summed E-state index contributed by atoms with van der Waals surface area (Å²) in [7, 11) is 0. The first-order valence-corrected chi connectivity index (χ1v) is 7.83. The van der Waals surface area contributed by atoms with Crippen LogP contribution >= 0.6 is 23.2 Å². The molecule has 0 atom stereocenters. The van der Waals surface area contributed by atoms with Crippen molar-refractivity contribution in [3.8, 4) is 16.9 Å². The average molecular weight is 340 g/mol. The van der Waals surface area contributed by atoms with E-state index in [1.807, 2.05) is 53.3 Å². The van der Waals surface area contributed by atoms with Gasteiger partial charge in [0.1, 0.15) is 0 Å². The molecule has 0 amide bonds. The number of benzene rings is 2. The molecule has 0 aliphatic heterocycles. The molecule has 0 aliphatic carbocycles. The van der Waals surface area contributed by atoms with E-state index in [0.717, 1.165) is 27.8 Å². The highest BCUT2D eigenvalue weighted by atomic mass is 35.5. The first-order chi connectivity index (χ1) is 11.2. The van der Waals surface area contributed by atoms with Crippen molar-refractivity contribution in [1.82, 2.24) is 14.8 Å². The lowest BCUT2D eigenvalue weighted by Gasteiger charge is -2.08. The van der Waals surface area contributed by atoms with Crippen LogP contribution in [-0.4, -0.2) is 14.8 Å². The SMILES string of the molecule is Clc1cc(Cl)c2c(-n3ccc(-c4ccccc4)n3)ccnc2c1. The van der Waals surface area contributed by atoms with Crippen molar-refractivity contribution in [2.75, 3.05) is 0 Å². The standard InChI is InChI=1S/C18H11Cl2N3/c19-13-10-14(20)18-16(11-13)21-8-6-17(18)23-9-7-15(22-23)12-4-2-1-3-5-12/h1-11H. The Morgan fingerprint density at radius 3 is 2.57 bits per heavy atom. The maximum Gasteiger partial charge on any atom is 0.0927 e. The van der Waals surface area contributed by atoms with Crippen molar-refractivity contribution in [2.45, 2.75) is 0 Å². The number of hydrogen-bond acceptors (Lipinski definition) is 2. The number of rotatable bonds is 2. The molecular formula is C18H11Cl2N3. The molecule has 0 spiro atoms. The molecule has 0 N–H and O–H groups in total. The van der Waals surface area contributed by atoms with Crippen molar-refractivity contribution >= 4 is 34.1 Å². The number of pyridine rings is 1. The molecule has 23 heavy (non-hydrogen) atoms. The van der Waals surface area contributed by atoms with E-state index >= 15 is 0 Å². The molecule has 2 aromatic heterocycles. The monoisotopic (exact) mass is 339 g/mol. The second-order valence-corrected chi connectivity index (χ2v) is 5.97. The topological polar surface area (TPSA) is 30.7 Å². The maximum atomic E-state index is 6.38. The molecule has 0 fully saturated rings. The van der Waals surface area contributed by atoms with Crippen LogP contribution in [0.1, 0.15) is 0 Å². The summed E-state index contributed by atoms with van der Waals surface area (Å²) in [4.78, 5) is 4.34. The Kier molecular flexibility index (Phi) is 3.52. The minimum absolute atomic E-state index is 0.562. The third-order valence-electron chi connectivity index (χ3n) is 3.64. The summed E-state index contributed by atoms with van der Waals surface area (Å²) in [6.45, 7) is 0. The second kappa shape index (κ2) is 5.69. The molecular weight excluding hydrogens is 329 g/mol. The normalized spacial score (nSPS) is 11.0. The van der Waals surface area contributed by atoms with Gasteiger partial charge in [0.15, 0.2) is 0 Å². The van der Waals surface area contributed by atoms with E-state index in [2.05, 4.69) is 10.1 Å². The summed E-state index contributed by atoms with van der Waals surface area (Å²) in [6.07, 6.45) is 3.65. The van der Waals surface area contributed by atoms with E-state index < -0.39 is 0 Å². The average Bonchev–Trinajstić information content (AvgIpc) is 3.04. The number of hydrogen-bond donors (Lipinski definition) is 0. The van der Waals surface area contributed by atoms with Crippen LogP contribution in [0.4, 0.5) is 0 Å². The highest BCUT2D eigenvalue weighted by Gasteiger charge is 2.11. The van der Waals surface area contributed by atoms with Gasteiger partial charge in [-0.15, -0.1) is 0 Å². The Hall–Kier alpha value is -2.36. The molecule has 3 nitrogen and oxygen atoms in total. The van der Waals surface area contributed by atoms with E-state index in [1.54, 1.807) is 18.3 Å². The van der Waals surface area contributed by atoms with Crippen LogP contribution in [0.15, 0.2) is 67.0 Å². The van der Waals surface area contributed by atoms with Crippen molar-refractivity contribution in [3.05, 3.63) is 77.0 Å². The zero-order valence-corrected chi connectivity index (χ0v) is 13.5. The molecule has 0 radical (unpaired) electrons. The van der Waals surface area contributed by atoms with Crippen LogP contribution in [0.2, 0.25) is 10.0 Å². The lowest BCUT2D eigenvalue weighted by Crippen LogP contribution is -1.97. The highest BCUT2D eigenvalue weighted by molar-refractivity contribution is 6.39. The van der Waals surface area contributed by atoms with Gasteiger partial charge in [0.25, 0.3) is 0 Å². The smallest absolute Gasteiger partial charge is 0.0927 e. The van der Waals surface area contributed by atoms with Gasteiger partial charge in [-0.2, -0.15) is 5.10 Å². The predicted molar refractivity (Wildman–Crippen MR) is 94.3 cm³/mol. The van der Waals surface area contributed by atoms with Gasteiger partial charge >= 0.3 is 0 Å². The third kappa shape index (κ3) is 2.58. The fraction of sp³-hybridized carbons (Fsp3) is 0. The molecule has 0 saturated heterocycles. The maximum absolute atomic E-state index is 6.38. The summed E-state index contributed by atoms with van der Waals surface area (Å²) < 4.78 is 1.81. The van der Waals surface area contributed by atoms with Crippen LogP contribution in [0.5, 0.6) is 0 Å². The molecule has 112 valence electrons. The van der Waals surface area contributed by atoms with E-state index in [1.165, 1.54) is 0 Å². The molecule has 2 aromatic carbocycles. The Bertz CT molecular complexity index is 994. The van der Waals surface area contributed by atoms with Crippen molar-refractivity contribution in [1.29, 1.82) is 0 Å².